The molecule has 0 amide bonds. The van der Waals surface area contributed by atoms with Gasteiger partial charge in [0.15, 0.2) is 0 Å². The lowest BCUT2D eigenvalue weighted by atomic mass is 10.1. The SMILES string of the molecule is CCOc1ccc(CN2CCN([C@@H]3CCNC3)CC2)cc1Cl. The first kappa shape index (κ1) is 16.1. The second kappa shape index (κ2) is 7.64. The van der Waals surface area contributed by atoms with Crippen molar-refractivity contribution < 1.29 is 4.74 Å². The molecule has 2 saturated heterocycles. The first-order valence-electron chi connectivity index (χ1n) is 8.34. The van der Waals surface area contributed by atoms with E-state index in [4.69, 9.17) is 16.3 Å². The van der Waals surface area contributed by atoms with Crippen LogP contribution >= 0.6 is 11.6 Å². The molecular formula is C17H26ClN3O. The van der Waals surface area contributed by atoms with Crippen molar-refractivity contribution in [1.82, 2.24) is 15.1 Å². The Balaban J connectivity index is 1.51. The fourth-order valence-electron chi connectivity index (χ4n) is 3.41. The van der Waals surface area contributed by atoms with Gasteiger partial charge in [-0.25, -0.2) is 0 Å². The summed E-state index contributed by atoms with van der Waals surface area (Å²) < 4.78 is 5.49. The van der Waals surface area contributed by atoms with Crippen LogP contribution in [0.1, 0.15) is 18.9 Å². The number of benzene rings is 1. The van der Waals surface area contributed by atoms with E-state index in [0.29, 0.717) is 6.61 Å². The third kappa shape index (κ3) is 3.93. The Kier molecular flexibility index (Phi) is 5.58. The highest BCUT2D eigenvalue weighted by Crippen LogP contribution is 2.26. The van der Waals surface area contributed by atoms with Gasteiger partial charge in [0.2, 0.25) is 0 Å². The standard InChI is InChI=1S/C17H26ClN3O/c1-2-22-17-4-3-14(11-16(17)18)13-20-7-9-21(10-8-20)15-5-6-19-12-15/h3-4,11,15,19H,2,5-10,12-13H2,1H3/t15-/m1/s1. The Bertz CT molecular complexity index is 483. The van der Waals surface area contributed by atoms with E-state index in [9.17, 15) is 0 Å². The Morgan fingerprint density at radius 1 is 1.27 bits per heavy atom. The summed E-state index contributed by atoms with van der Waals surface area (Å²) >= 11 is 6.28. The maximum absolute atomic E-state index is 6.28. The van der Waals surface area contributed by atoms with Crippen LogP contribution in [-0.4, -0.2) is 61.7 Å². The molecule has 1 atom stereocenters. The van der Waals surface area contributed by atoms with Gasteiger partial charge in [0, 0.05) is 45.3 Å². The zero-order valence-electron chi connectivity index (χ0n) is 13.4. The van der Waals surface area contributed by atoms with Crippen LogP contribution in [0.15, 0.2) is 18.2 Å². The van der Waals surface area contributed by atoms with E-state index in [-0.39, 0.29) is 0 Å². The number of nitrogens with zero attached hydrogens (tertiary/aromatic N) is 2. The summed E-state index contributed by atoms with van der Waals surface area (Å²) in [5.41, 5.74) is 1.27. The van der Waals surface area contributed by atoms with Gasteiger partial charge < -0.3 is 10.1 Å². The predicted octanol–water partition coefficient (Wildman–Crippen LogP) is 2.22. The molecule has 4 nitrogen and oxygen atoms in total. The molecule has 2 aliphatic rings. The van der Waals surface area contributed by atoms with Gasteiger partial charge in [-0.05, 0) is 37.6 Å². The fraction of sp³-hybridized carbons (Fsp3) is 0.647. The first-order valence-corrected chi connectivity index (χ1v) is 8.72. The number of hydrogen-bond acceptors (Lipinski definition) is 4. The van der Waals surface area contributed by atoms with Crippen LogP contribution in [0, 0.1) is 0 Å². The molecule has 3 rings (SSSR count). The predicted molar refractivity (Wildman–Crippen MR) is 90.7 cm³/mol. The van der Waals surface area contributed by atoms with Gasteiger partial charge in [0.05, 0.1) is 11.6 Å². The van der Waals surface area contributed by atoms with Gasteiger partial charge in [-0.3, -0.25) is 9.80 Å². The van der Waals surface area contributed by atoms with Crippen molar-refractivity contribution in [2.24, 2.45) is 0 Å². The summed E-state index contributed by atoms with van der Waals surface area (Å²) in [7, 11) is 0. The molecule has 5 heteroatoms. The molecule has 1 aromatic rings. The van der Waals surface area contributed by atoms with E-state index in [0.717, 1.165) is 43.0 Å². The second-order valence-electron chi connectivity index (χ2n) is 6.16. The maximum Gasteiger partial charge on any atom is 0.137 e. The molecule has 1 aromatic carbocycles. The normalized spacial score (nSPS) is 23.8. The quantitative estimate of drug-likeness (QED) is 0.899. The van der Waals surface area contributed by atoms with Crippen molar-refractivity contribution in [2.45, 2.75) is 25.9 Å². The third-order valence-corrected chi connectivity index (χ3v) is 4.96. The molecule has 0 radical (unpaired) electrons. The van der Waals surface area contributed by atoms with Gasteiger partial charge in [-0.15, -0.1) is 0 Å². The zero-order chi connectivity index (χ0) is 15.4. The van der Waals surface area contributed by atoms with E-state index in [2.05, 4.69) is 21.2 Å². The molecule has 2 fully saturated rings. The molecule has 122 valence electrons. The lowest BCUT2D eigenvalue weighted by molar-refractivity contribution is 0.0981. The maximum atomic E-state index is 6.28. The minimum atomic E-state index is 0.650. The van der Waals surface area contributed by atoms with Crippen LogP contribution in [0.3, 0.4) is 0 Å². The fourth-order valence-corrected chi connectivity index (χ4v) is 3.67. The molecular weight excluding hydrogens is 298 g/mol. The average molecular weight is 324 g/mol. The van der Waals surface area contributed by atoms with Crippen LogP contribution in [0.5, 0.6) is 5.75 Å². The summed E-state index contributed by atoms with van der Waals surface area (Å²) in [4.78, 5) is 5.16. The van der Waals surface area contributed by atoms with Gasteiger partial charge in [0.1, 0.15) is 5.75 Å². The van der Waals surface area contributed by atoms with Crippen LogP contribution in [0.25, 0.3) is 0 Å². The molecule has 0 bridgehead atoms. The van der Waals surface area contributed by atoms with Crippen LogP contribution < -0.4 is 10.1 Å². The van der Waals surface area contributed by atoms with Crippen LogP contribution in [0.4, 0.5) is 0 Å². The third-order valence-electron chi connectivity index (χ3n) is 4.66. The summed E-state index contributed by atoms with van der Waals surface area (Å²) in [5, 5.41) is 4.18. The van der Waals surface area contributed by atoms with Crippen molar-refractivity contribution >= 4 is 11.6 Å². The van der Waals surface area contributed by atoms with E-state index in [1.165, 1.54) is 31.6 Å². The second-order valence-corrected chi connectivity index (χ2v) is 6.56. The Labute approximate surface area is 138 Å². The highest BCUT2D eigenvalue weighted by Gasteiger charge is 2.25. The van der Waals surface area contributed by atoms with E-state index >= 15 is 0 Å². The van der Waals surface area contributed by atoms with Gasteiger partial charge in [-0.2, -0.15) is 0 Å². The molecule has 0 spiro atoms. The molecule has 0 aliphatic carbocycles. The lowest BCUT2D eigenvalue weighted by Crippen LogP contribution is -2.50. The molecule has 1 N–H and O–H groups in total. The number of ether oxygens (including phenoxy) is 1. The monoisotopic (exact) mass is 323 g/mol. The van der Waals surface area contributed by atoms with Crippen LogP contribution in [-0.2, 0) is 6.54 Å². The Morgan fingerprint density at radius 2 is 2.09 bits per heavy atom. The lowest BCUT2D eigenvalue weighted by Gasteiger charge is -2.37. The topological polar surface area (TPSA) is 27.7 Å². The van der Waals surface area contributed by atoms with Crippen molar-refractivity contribution in [3.8, 4) is 5.75 Å². The molecule has 22 heavy (non-hydrogen) atoms. The first-order chi connectivity index (χ1) is 10.8. The van der Waals surface area contributed by atoms with Crippen molar-refractivity contribution in [2.75, 3.05) is 45.9 Å². The highest BCUT2D eigenvalue weighted by atomic mass is 35.5. The number of hydrogen-bond donors (Lipinski definition) is 1. The van der Waals surface area contributed by atoms with Gasteiger partial charge >= 0.3 is 0 Å². The minimum absolute atomic E-state index is 0.650. The number of nitrogens with one attached hydrogen (secondary N) is 1. The molecule has 0 unspecified atom stereocenters. The van der Waals surface area contributed by atoms with E-state index in [1.807, 2.05) is 19.1 Å². The molecule has 0 saturated carbocycles. The van der Waals surface area contributed by atoms with Crippen LogP contribution in [0.2, 0.25) is 5.02 Å². The van der Waals surface area contributed by atoms with Gasteiger partial charge in [-0.1, -0.05) is 17.7 Å². The molecule has 2 aliphatic heterocycles. The van der Waals surface area contributed by atoms with Gasteiger partial charge in [0.25, 0.3) is 0 Å². The number of piperazine rings is 1. The Morgan fingerprint density at radius 3 is 2.73 bits per heavy atom. The summed E-state index contributed by atoms with van der Waals surface area (Å²) in [6.45, 7) is 10.6. The smallest absolute Gasteiger partial charge is 0.137 e. The summed E-state index contributed by atoms with van der Waals surface area (Å²) in [5.74, 6) is 0.784. The van der Waals surface area contributed by atoms with E-state index in [1.54, 1.807) is 0 Å². The average Bonchev–Trinajstić information content (AvgIpc) is 3.05. The zero-order valence-corrected chi connectivity index (χ0v) is 14.1. The molecule has 0 aromatic heterocycles. The Hall–Kier alpha value is -0.810. The van der Waals surface area contributed by atoms with Crippen molar-refractivity contribution in [1.29, 1.82) is 0 Å². The number of halogens is 1. The summed E-state index contributed by atoms with van der Waals surface area (Å²) in [6.07, 6.45) is 1.30. The van der Waals surface area contributed by atoms with Crippen molar-refractivity contribution in [3.63, 3.8) is 0 Å². The minimum Gasteiger partial charge on any atom is -0.492 e. The molecule has 2 heterocycles. The van der Waals surface area contributed by atoms with Crippen molar-refractivity contribution in [3.05, 3.63) is 28.8 Å². The summed E-state index contributed by atoms with van der Waals surface area (Å²) in [6, 6.07) is 6.91. The highest BCUT2D eigenvalue weighted by molar-refractivity contribution is 6.32. The number of rotatable bonds is 5. The van der Waals surface area contributed by atoms with E-state index < -0.39 is 0 Å². The largest absolute Gasteiger partial charge is 0.492 e.